The predicted molar refractivity (Wildman–Crippen MR) is 148 cm³/mol. The summed E-state index contributed by atoms with van der Waals surface area (Å²) in [5, 5.41) is 4.51. The highest BCUT2D eigenvalue weighted by Gasteiger charge is 2.29. The maximum absolute atomic E-state index is 13.4. The predicted octanol–water partition coefficient (Wildman–Crippen LogP) is 3.97. The Morgan fingerprint density at radius 2 is 1.58 bits per heavy atom. The van der Waals surface area contributed by atoms with Crippen LogP contribution in [0.25, 0.3) is 10.8 Å². The lowest BCUT2D eigenvalue weighted by molar-refractivity contribution is 0.0600. The Labute approximate surface area is 224 Å². The second kappa shape index (κ2) is 12.1. The number of nitrogens with one attached hydrogen (secondary N) is 2. The van der Waals surface area contributed by atoms with Crippen molar-refractivity contribution >= 4 is 32.7 Å². The Balaban J connectivity index is 1.54. The summed E-state index contributed by atoms with van der Waals surface area (Å²) in [7, 11) is -2.54. The number of benzene rings is 3. The number of piperidine rings is 1. The minimum Gasteiger partial charge on any atom is -0.465 e. The first-order chi connectivity index (χ1) is 18.2. The van der Waals surface area contributed by atoms with Gasteiger partial charge in [-0.15, -0.1) is 0 Å². The summed E-state index contributed by atoms with van der Waals surface area (Å²) in [4.78, 5) is 27.4. The fourth-order valence-electron chi connectivity index (χ4n) is 5.11. The molecule has 1 aliphatic heterocycles. The molecule has 3 aromatic carbocycles. The molecule has 0 bridgehead atoms. The van der Waals surface area contributed by atoms with Crippen molar-refractivity contribution in [3.05, 3.63) is 77.9 Å². The van der Waals surface area contributed by atoms with Crippen molar-refractivity contribution in [2.75, 3.05) is 20.2 Å². The second-order valence-corrected chi connectivity index (χ2v) is 11.6. The van der Waals surface area contributed by atoms with Gasteiger partial charge in [-0.25, -0.2) is 17.9 Å². The number of amides is 1. The van der Waals surface area contributed by atoms with Crippen LogP contribution in [0.1, 0.15) is 53.8 Å². The lowest BCUT2D eigenvalue weighted by Crippen LogP contribution is -2.54. The van der Waals surface area contributed by atoms with Gasteiger partial charge >= 0.3 is 5.97 Å². The van der Waals surface area contributed by atoms with Crippen LogP contribution in [0.3, 0.4) is 0 Å². The molecule has 0 saturated carbocycles. The summed E-state index contributed by atoms with van der Waals surface area (Å²) in [6.45, 7) is 4.88. The number of carbonyl (C=O) groups is 2. The summed E-state index contributed by atoms with van der Waals surface area (Å²) in [6.07, 6.45) is 3.26. The van der Waals surface area contributed by atoms with E-state index in [4.69, 9.17) is 4.74 Å². The molecular formula is C29H35N3O5S. The van der Waals surface area contributed by atoms with E-state index in [0.29, 0.717) is 35.1 Å². The van der Waals surface area contributed by atoms with Crippen molar-refractivity contribution in [3.63, 3.8) is 0 Å². The maximum Gasteiger partial charge on any atom is 0.337 e. The first kappa shape index (κ1) is 27.8. The number of carbonyl (C=O) groups excluding carboxylic acids is 2. The maximum atomic E-state index is 13.4. The highest BCUT2D eigenvalue weighted by Crippen LogP contribution is 2.24. The van der Waals surface area contributed by atoms with Crippen molar-refractivity contribution in [3.8, 4) is 0 Å². The van der Waals surface area contributed by atoms with Crippen molar-refractivity contribution in [1.82, 2.24) is 14.9 Å². The number of nitrogens with zero attached hydrogens (tertiary/aromatic N) is 1. The molecule has 1 amide bonds. The van der Waals surface area contributed by atoms with Gasteiger partial charge in [-0.3, -0.25) is 9.69 Å². The Kier molecular flexibility index (Phi) is 8.81. The first-order valence-corrected chi connectivity index (χ1v) is 14.4. The lowest BCUT2D eigenvalue weighted by Gasteiger charge is -2.41. The van der Waals surface area contributed by atoms with E-state index in [-0.39, 0.29) is 17.3 Å². The molecule has 1 aliphatic rings. The molecule has 1 heterocycles. The van der Waals surface area contributed by atoms with Crippen molar-refractivity contribution in [1.29, 1.82) is 0 Å². The van der Waals surface area contributed by atoms with E-state index in [1.807, 2.05) is 24.3 Å². The summed E-state index contributed by atoms with van der Waals surface area (Å²) in [6, 6.07) is 18.9. The van der Waals surface area contributed by atoms with E-state index in [2.05, 4.69) is 28.8 Å². The lowest BCUT2D eigenvalue weighted by atomic mass is 9.97. The van der Waals surface area contributed by atoms with Gasteiger partial charge in [0.05, 0.1) is 23.6 Å². The Bertz CT molecular complexity index is 1380. The van der Waals surface area contributed by atoms with E-state index in [1.54, 1.807) is 30.3 Å². The third kappa shape index (κ3) is 6.40. The van der Waals surface area contributed by atoms with Gasteiger partial charge in [-0.05, 0) is 62.4 Å². The number of hydrogen-bond donors (Lipinski definition) is 2. The van der Waals surface area contributed by atoms with Crippen LogP contribution in [0, 0.1) is 0 Å². The largest absolute Gasteiger partial charge is 0.465 e. The number of hydrogen-bond acceptors (Lipinski definition) is 6. The molecule has 1 saturated heterocycles. The summed E-state index contributed by atoms with van der Waals surface area (Å²) in [5.41, 5.74) is 0.721. The van der Waals surface area contributed by atoms with Gasteiger partial charge in [0, 0.05) is 36.1 Å². The molecule has 1 fully saturated rings. The number of methoxy groups -OCH3 is 1. The van der Waals surface area contributed by atoms with Crippen LogP contribution < -0.4 is 10.0 Å². The van der Waals surface area contributed by atoms with Crippen molar-refractivity contribution in [2.24, 2.45) is 0 Å². The van der Waals surface area contributed by atoms with Gasteiger partial charge in [0.25, 0.3) is 5.91 Å². The van der Waals surface area contributed by atoms with Crippen LogP contribution in [-0.4, -0.2) is 63.5 Å². The van der Waals surface area contributed by atoms with Crippen LogP contribution in [0.15, 0.2) is 71.6 Å². The number of rotatable bonds is 9. The number of fused-ring (bicyclic) bond motifs is 1. The summed E-state index contributed by atoms with van der Waals surface area (Å²) < 4.78 is 34.2. The SMILES string of the molecule is COC(=O)c1ccc(C(=O)N[C@@H](CNS(=O)(=O)c2cccc3ccccc23)CN2[C@H](C)CCC[C@@H]2C)cc1. The van der Waals surface area contributed by atoms with Crippen LogP contribution >= 0.6 is 0 Å². The van der Waals surface area contributed by atoms with E-state index < -0.39 is 22.0 Å². The fraction of sp³-hybridized carbons (Fsp3) is 0.379. The molecule has 202 valence electrons. The van der Waals surface area contributed by atoms with Crippen LogP contribution in [0.4, 0.5) is 0 Å². The van der Waals surface area contributed by atoms with E-state index in [0.717, 1.165) is 24.6 Å². The topological polar surface area (TPSA) is 105 Å². The highest BCUT2D eigenvalue weighted by molar-refractivity contribution is 7.89. The smallest absolute Gasteiger partial charge is 0.337 e. The molecule has 9 heteroatoms. The molecule has 0 radical (unpaired) electrons. The number of sulfonamides is 1. The number of likely N-dealkylation sites (tertiary alicyclic amines) is 1. The third-order valence-corrected chi connectivity index (χ3v) is 8.75. The molecule has 0 unspecified atom stereocenters. The van der Waals surface area contributed by atoms with Gasteiger partial charge in [0.1, 0.15) is 0 Å². The third-order valence-electron chi connectivity index (χ3n) is 7.27. The minimum atomic E-state index is -3.84. The average molecular weight is 538 g/mol. The van der Waals surface area contributed by atoms with Gasteiger partial charge in [-0.2, -0.15) is 0 Å². The second-order valence-electron chi connectivity index (χ2n) is 9.89. The molecular weight excluding hydrogens is 502 g/mol. The first-order valence-electron chi connectivity index (χ1n) is 12.9. The standard InChI is InChI=1S/C29H35N3O5S/c1-20-8-6-9-21(2)32(20)19-25(31-28(33)23-14-16-24(17-15-23)29(34)37-3)18-30-38(35,36)27-13-7-11-22-10-4-5-12-26(22)27/h4-5,7,10-17,20-21,25,30H,6,8-9,18-19H2,1-3H3,(H,31,33)/t20-,21+,25-/m0/s1. The molecule has 4 rings (SSSR count). The highest BCUT2D eigenvalue weighted by atomic mass is 32.2. The number of esters is 1. The molecule has 3 atom stereocenters. The molecule has 0 aliphatic carbocycles. The molecule has 2 N–H and O–H groups in total. The molecule has 8 nitrogen and oxygen atoms in total. The van der Waals surface area contributed by atoms with Crippen LogP contribution in [0.5, 0.6) is 0 Å². The van der Waals surface area contributed by atoms with Gasteiger partial charge in [0.2, 0.25) is 10.0 Å². The zero-order valence-corrected chi connectivity index (χ0v) is 22.8. The van der Waals surface area contributed by atoms with Crippen molar-refractivity contribution in [2.45, 2.75) is 56.1 Å². The molecule has 38 heavy (non-hydrogen) atoms. The van der Waals surface area contributed by atoms with Crippen LogP contribution in [0.2, 0.25) is 0 Å². The molecule has 3 aromatic rings. The molecule has 0 aromatic heterocycles. The van der Waals surface area contributed by atoms with E-state index >= 15 is 0 Å². The van der Waals surface area contributed by atoms with E-state index in [1.165, 1.54) is 19.2 Å². The summed E-state index contributed by atoms with van der Waals surface area (Å²) >= 11 is 0. The van der Waals surface area contributed by atoms with Gasteiger partial charge in [0.15, 0.2) is 0 Å². The van der Waals surface area contributed by atoms with Gasteiger partial charge in [-0.1, -0.05) is 42.8 Å². The normalized spacial score (nSPS) is 19.1. The Hall–Kier alpha value is -3.27. The fourth-order valence-corrected chi connectivity index (χ4v) is 6.42. The Morgan fingerprint density at radius 1 is 0.947 bits per heavy atom. The summed E-state index contributed by atoms with van der Waals surface area (Å²) in [5.74, 6) is -0.821. The monoisotopic (exact) mass is 537 g/mol. The Morgan fingerprint density at radius 3 is 2.26 bits per heavy atom. The van der Waals surface area contributed by atoms with Crippen LogP contribution in [-0.2, 0) is 14.8 Å². The zero-order chi connectivity index (χ0) is 27.3. The zero-order valence-electron chi connectivity index (χ0n) is 22.0. The minimum absolute atomic E-state index is 0.0352. The quantitative estimate of drug-likeness (QED) is 0.401. The van der Waals surface area contributed by atoms with E-state index in [9.17, 15) is 18.0 Å². The number of ether oxygens (including phenoxy) is 1. The van der Waals surface area contributed by atoms with Crippen molar-refractivity contribution < 1.29 is 22.7 Å². The molecule has 0 spiro atoms. The average Bonchev–Trinajstić information content (AvgIpc) is 2.93. The van der Waals surface area contributed by atoms with Gasteiger partial charge < -0.3 is 10.1 Å².